The monoisotopic (exact) mass is 2050 g/mol. The predicted molar refractivity (Wildman–Crippen MR) is 494 cm³/mol. The number of aromatic nitrogens is 8. The van der Waals surface area contributed by atoms with E-state index in [1.807, 2.05) is 66.9 Å². The summed E-state index contributed by atoms with van der Waals surface area (Å²) < 4.78 is 106. The van der Waals surface area contributed by atoms with Crippen molar-refractivity contribution < 1.29 is 75.4 Å². The Bertz CT molecular complexity index is 6170. The summed E-state index contributed by atoms with van der Waals surface area (Å²) in [4.78, 5) is 69.1. The molecule has 0 bridgehead atoms. The number of Topliss-reactive ketones (excluding diaryl/α,β-unsaturated/α-hetero) is 4. The summed E-state index contributed by atoms with van der Waals surface area (Å²) in [7, 11) is 4.91. The normalized spacial score (nSPS) is 13.1. The second-order valence-corrected chi connectivity index (χ2v) is 36.8. The number of imidazole rings is 4. The Hall–Kier alpha value is -8.30. The average Bonchev–Trinajstić information content (AvgIpc) is 1.60. The zero-order chi connectivity index (χ0) is 89.7. The smallest absolute Gasteiger partial charge is 0.188 e. The quantitative estimate of drug-likeness (QED) is 0.0211. The van der Waals surface area contributed by atoms with Gasteiger partial charge >= 0.3 is 0 Å². The van der Waals surface area contributed by atoms with E-state index in [9.17, 15) is 19.2 Å². The number of aliphatic hydroxyl groups excluding tert-OH is 2. The second-order valence-electron chi connectivity index (χ2n) is 31.5. The second kappa shape index (κ2) is 43.9. The van der Waals surface area contributed by atoms with Gasteiger partial charge in [-0.3, -0.25) is 19.2 Å². The number of methoxy groups -OCH3 is 2. The SMILES string of the molecule is CC(C)n1cnc2c(F)c(Cc3ccc(Br)cc3Cl)c(C(=O)COCC3CC3)cc21.COc1cc(Cn2cnc3c(F)c(Cc4ccc(Br)cc4Cl)c(C(=O)COCCO)cc32)cc(OC)c1.Cn1cnc2c(F)c(Cc3ccc(Br)cc3Cl)c(C(=O)COCC3CC3)cc21.O=C(COCC1CC1)c1cc2c(ncn2CCCO)c(F)c1Cc1ccc(Br)cc1Cl. The van der Waals surface area contributed by atoms with E-state index >= 15 is 17.6 Å². The number of ketones is 4. The number of fused-ring (bicyclic) bond motifs is 4. The molecule has 0 radical (unpaired) electrons. The number of ether oxygens (including phenoxy) is 6. The third-order valence-electron chi connectivity index (χ3n) is 21.8. The lowest BCUT2D eigenvalue weighted by Gasteiger charge is -2.14. The maximum Gasteiger partial charge on any atom is 0.188 e. The van der Waals surface area contributed by atoms with Crippen LogP contribution in [0.5, 0.6) is 11.5 Å². The van der Waals surface area contributed by atoms with E-state index in [0.29, 0.717) is 139 Å². The fourth-order valence-corrected chi connectivity index (χ4v) is 17.4. The van der Waals surface area contributed by atoms with Gasteiger partial charge in [-0.05, 0) is 189 Å². The molecule has 9 aromatic carbocycles. The zero-order valence-electron chi connectivity index (χ0n) is 69.4. The topological polar surface area (TPSA) is 235 Å². The molecule has 3 fully saturated rings. The van der Waals surface area contributed by atoms with Crippen molar-refractivity contribution >= 4 is 177 Å². The van der Waals surface area contributed by atoms with E-state index < -0.39 is 29.1 Å². The molecule has 0 unspecified atom stereocenters. The number of benzene rings is 9. The summed E-state index contributed by atoms with van der Waals surface area (Å²) in [5.41, 5.74) is 8.92. The van der Waals surface area contributed by atoms with Gasteiger partial charge in [0.05, 0.1) is 94.6 Å². The molecule has 3 aliphatic carbocycles. The predicted octanol–water partition coefficient (Wildman–Crippen LogP) is 22.3. The molecule has 0 atom stereocenters. The summed E-state index contributed by atoms with van der Waals surface area (Å²) in [6.07, 6.45) is 14.3. The van der Waals surface area contributed by atoms with Crippen LogP contribution in [0.25, 0.3) is 44.1 Å². The molecule has 13 aromatic rings. The highest BCUT2D eigenvalue weighted by Crippen LogP contribution is 2.39. The van der Waals surface area contributed by atoms with Crippen molar-refractivity contribution in [1.29, 1.82) is 0 Å². The van der Waals surface area contributed by atoms with Crippen molar-refractivity contribution in [2.75, 3.05) is 80.3 Å². The number of carbonyl (C=O) groups excluding carboxylic acids is 4. The fourth-order valence-electron chi connectivity index (χ4n) is 14.4. The van der Waals surface area contributed by atoms with Gasteiger partial charge in [-0.2, -0.15) is 0 Å². The molecule has 2 N–H and O–H groups in total. The molecule has 0 spiro atoms. The molecule has 126 heavy (non-hydrogen) atoms. The Morgan fingerprint density at radius 3 is 1.13 bits per heavy atom. The van der Waals surface area contributed by atoms with Crippen LogP contribution >= 0.6 is 110 Å². The first-order chi connectivity index (χ1) is 60.6. The van der Waals surface area contributed by atoms with Crippen LogP contribution in [-0.2, 0) is 64.8 Å². The number of hydrogen-bond donors (Lipinski definition) is 2. The maximum atomic E-state index is 16.0. The molecule has 32 heteroatoms. The third-order valence-corrected chi connectivity index (χ3v) is 25.2. The Morgan fingerprint density at radius 2 is 0.770 bits per heavy atom. The van der Waals surface area contributed by atoms with Crippen LogP contribution in [-0.4, -0.2) is 152 Å². The largest absolute Gasteiger partial charge is 0.497 e. The van der Waals surface area contributed by atoms with E-state index in [2.05, 4.69) is 83.7 Å². The van der Waals surface area contributed by atoms with Crippen LogP contribution < -0.4 is 9.47 Å². The van der Waals surface area contributed by atoms with Gasteiger partial charge in [0, 0.05) is 147 Å². The Morgan fingerprint density at radius 1 is 0.437 bits per heavy atom. The van der Waals surface area contributed by atoms with Crippen LogP contribution in [0.4, 0.5) is 17.6 Å². The van der Waals surface area contributed by atoms with Gasteiger partial charge in [0.15, 0.2) is 46.4 Å². The number of halogens is 12. The third kappa shape index (κ3) is 24.0. The minimum atomic E-state index is -0.594. The van der Waals surface area contributed by atoms with Crippen molar-refractivity contribution in [2.24, 2.45) is 24.8 Å². The van der Waals surface area contributed by atoms with E-state index in [4.69, 9.17) is 85.0 Å². The first kappa shape index (κ1) is 95.3. The standard InChI is InChI=1S/C27H25BrClFN2O5.C23H23BrClFN2O3.C23H23BrClFN2O2.C21H19BrClFN2O2/c1-35-19-7-16(8-20(11-19)36-2)13-32-15-31-27-24(32)12-21(25(34)14-37-6-5-33)22(26(27)30)9-17-3-4-18(28)10-23(17)29;24-16-5-4-15(19(25)9-16)8-18-17(21(30)12-31-11-14-2-3-14)10-20-23(22(18)26)27-13-28(20)6-1-7-29;1-13(2)28-12-27-23-20(28)9-17(21(29)11-30-10-14-3-4-14)18(22(23)26)7-15-5-6-16(24)8-19(15)25;1-26-11-25-21-18(26)8-15(19(27)10-28-9-12-2-3-12)16(20(21)24)6-13-4-5-14(22)7-17(13)23/h3-4,7-8,10-12,15,33H,5-6,9,13-14H2,1-2H3;4-5,9-10,13-14,29H,1-3,6-8,11-12H2;5-6,8-9,12-14H,3-4,7,10-11H2,1-2H3;4-5,7-8,11-12H,2-3,6,9-10H2,1H3. The Balaban J connectivity index is 0.000000145. The lowest BCUT2D eigenvalue weighted by molar-refractivity contribution is 0.0662. The summed E-state index contributed by atoms with van der Waals surface area (Å²) in [6, 6.07) is 33.9. The number of aryl methyl sites for hydroxylation is 2. The van der Waals surface area contributed by atoms with Gasteiger partial charge in [-0.25, -0.2) is 37.5 Å². The van der Waals surface area contributed by atoms with Gasteiger partial charge in [0.25, 0.3) is 0 Å². The van der Waals surface area contributed by atoms with Crippen molar-refractivity contribution in [3.05, 3.63) is 274 Å². The summed E-state index contributed by atoms with van der Waals surface area (Å²) in [5.74, 6) is -0.313. The average molecular weight is 2060 g/mol. The van der Waals surface area contributed by atoms with E-state index in [1.54, 1.807) is 114 Å². The van der Waals surface area contributed by atoms with Crippen LogP contribution in [0.3, 0.4) is 0 Å². The maximum absolute atomic E-state index is 16.0. The van der Waals surface area contributed by atoms with Gasteiger partial charge in [-0.15, -0.1) is 0 Å². The molecular weight excluding hydrogens is 1970 g/mol. The molecular formula is C94H90Br4Cl4F4N8O12. The van der Waals surface area contributed by atoms with Crippen molar-refractivity contribution in [2.45, 2.75) is 104 Å². The first-order valence-corrected chi connectivity index (χ1v) is 45.5. The van der Waals surface area contributed by atoms with Gasteiger partial charge < -0.3 is 56.9 Å². The minimum Gasteiger partial charge on any atom is -0.497 e. The van der Waals surface area contributed by atoms with Crippen LogP contribution in [0, 0.1) is 41.0 Å². The number of aliphatic hydroxyl groups is 2. The number of rotatable bonds is 36. The highest BCUT2D eigenvalue weighted by Gasteiger charge is 2.31. The molecule has 0 amide bonds. The summed E-state index contributed by atoms with van der Waals surface area (Å²) in [6.45, 7) is 5.82. The molecule has 20 nitrogen and oxygen atoms in total. The summed E-state index contributed by atoms with van der Waals surface area (Å²) >= 11 is 39.0. The van der Waals surface area contributed by atoms with E-state index in [-0.39, 0.29) is 140 Å². The fraction of sp³-hybridized carbons (Fsp3) is 0.340. The molecule has 4 aromatic heterocycles. The van der Waals surface area contributed by atoms with Crippen LogP contribution in [0.1, 0.15) is 156 Å². The molecule has 16 rings (SSSR count). The van der Waals surface area contributed by atoms with Gasteiger partial charge in [0.2, 0.25) is 0 Å². The molecule has 3 saturated carbocycles. The van der Waals surface area contributed by atoms with Crippen LogP contribution in [0.15, 0.2) is 158 Å². The number of hydrogen-bond acceptors (Lipinski definition) is 16. The Labute approximate surface area is 779 Å². The highest BCUT2D eigenvalue weighted by atomic mass is 79.9. The molecule has 662 valence electrons. The Kier molecular flexibility index (Phi) is 33.2. The highest BCUT2D eigenvalue weighted by molar-refractivity contribution is 9.11. The molecule has 4 heterocycles. The lowest BCUT2D eigenvalue weighted by atomic mass is 9.95. The van der Waals surface area contributed by atoms with Gasteiger partial charge in [0.1, 0.15) is 60.0 Å². The van der Waals surface area contributed by atoms with Gasteiger partial charge in [-0.1, -0.05) is 134 Å². The van der Waals surface area contributed by atoms with E-state index in [0.717, 1.165) is 78.7 Å². The molecule has 0 aliphatic heterocycles. The summed E-state index contributed by atoms with van der Waals surface area (Å²) in [5, 5.41) is 20.1. The molecule has 0 saturated heterocycles. The van der Waals surface area contributed by atoms with Crippen molar-refractivity contribution in [1.82, 2.24) is 38.2 Å². The number of carbonyl (C=O) groups is 4. The van der Waals surface area contributed by atoms with Crippen LogP contribution in [0.2, 0.25) is 20.1 Å². The first-order valence-electron chi connectivity index (χ1n) is 40.9. The van der Waals surface area contributed by atoms with Crippen molar-refractivity contribution in [3.63, 3.8) is 0 Å². The van der Waals surface area contributed by atoms with Crippen molar-refractivity contribution in [3.8, 4) is 11.5 Å². The van der Waals surface area contributed by atoms with E-state index in [1.165, 1.54) is 12.7 Å². The lowest BCUT2D eigenvalue weighted by Crippen LogP contribution is -2.15. The molecule has 3 aliphatic rings. The zero-order valence-corrected chi connectivity index (χ0v) is 78.8. The minimum absolute atomic E-state index is 0.0000540. The number of nitrogens with zero attached hydrogens (tertiary/aromatic N) is 8.